The number of hydrogen-bond donors (Lipinski definition) is 4. The number of Topliss-reactive ketones (excluding diaryl/α,β-unsaturated/α-hetero) is 1. The minimum absolute atomic E-state index is 0.0456. The molecule has 4 rings (SSSR count). The third-order valence-corrected chi connectivity index (χ3v) is 6.96. The number of ether oxygens (including phenoxy) is 1. The number of alkyl halides is 1. The molecule has 44 heavy (non-hydrogen) atoms. The van der Waals surface area contributed by atoms with Crippen molar-refractivity contribution in [1.29, 1.82) is 0 Å². The number of H-pyrrole nitrogens is 1. The number of hydrogen-bond acceptors (Lipinski definition) is 5. The van der Waals surface area contributed by atoms with E-state index < -0.39 is 95.0 Å². The minimum atomic E-state index is -2.01. The fourth-order valence-corrected chi connectivity index (χ4v) is 4.78. The Morgan fingerprint density at radius 3 is 2.30 bits per heavy atom. The van der Waals surface area contributed by atoms with Gasteiger partial charge in [-0.05, 0) is 51.0 Å². The molecule has 2 aromatic carbocycles. The van der Waals surface area contributed by atoms with Gasteiger partial charge in [0.05, 0.1) is 6.04 Å². The lowest BCUT2D eigenvalue weighted by Gasteiger charge is -2.26. The van der Waals surface area contributed by atoms with E-state index in [2.05, 4.69) is 20.9 Å². The van der Waals surface area contributed by atoms with Crippen LogP contribution < -0.4 is 20.7 Å². The van der Waals surface area contributed by atoms with Gasteiger partial charge in [-0.2, -0.15) is 8.78 Å². The number of halogens is 6. The predicted octanol–water partition coefficient (Wildman–Crippen LogP) is 3.76. The first kappa shape index (κ1) is 32.4. The molecule has 3 atom stereocenters. The SMILES string of the molecule is CC(C)(F)C[C@H](NC(=O)c1cc2cc(F)ccc2[nH]1)C(=O)N[C@@H](C[C@@H]1CCNC1=O)C(=O)COc1c(F)c(F)cc(F)c1F. The molecule has 1 aromatic heterocycles. The summed E-state index contributed by atoms with van der Waals surface area (Å²) in [4.78, 5) is 54.5. The first-order valence-corrected chi connectivity index (χ1v) is 13.5. The van der Waals surface area contributed by atoms with Crippen LogP contribution in [0.5, 0.6) is 5.75 Å². The second-order valence-corrected chi connectivity index (χ2v) is 11.0. The summed E-state index contributed by atoms with van der Waals surface area (Å²) in [5.74, 6) is -13.5. The Morgan fingerprint density at radius 2 is 1.68 bits per heavy atom. The van der Waals surface area contributed by atoms with E-state index in [9.17, 15) is 45.5 Å². The molecular formula is C29H28F6N4O5. The molecular weight excluding hydrogens is 598 g/mol. The standard InChI is InChI=1S/C29H28F6N4O5/c1-29(2,35)11-21(39-27(42)20-9-14-7-15(30)3-4-18(14)37-20)28(43)38-19(8-13-5-6-36-26(13)41)22(40)12-44-25-23(33)16(31)10-17(32)24(25)34/h3-4,7,9-10,13,19,21,37H,5-6,8,11-12H2,1-2H3,(H,36,41)(H,38,43)(H,39,42)/t13-,19-,21-/m0/s1. The summed E-state index contributed by atoms with van der Waals surface area (Å²) in [6.07, 6.45) is -0.606. The Kier molecular flexibility index (Phi) is 9.54. The lowest BCUT2D eigenvalue weighted by Crippen LogP contribution is -2.54. The summed E-state index contributed by atoms with van der Waals surface area (Å²) in [6, 6.07) is 1.87. The van der Waals surface area contributed by atoms with Gasteiger partial charge in [0.15, 0.2) is 23.2 Å². The molecule has 0 unspecified atom stereocenters. The zero-order chi connectivity index (χ0) is 32.3. The van der Waals surface area contributed by atoms with Crippen LogP contribution in [0.1, 0.15) is 43.6 Å². The van der Waals surface area contributed by atoms with Gasteiger partial charge in [-0.15, -0.1) is 0 Å². The highest BCUT2D eigenvalue weighted by Crippen LogP contribution is 2.27. The molecule has 0 bridgehead atoms. The van der Waals surface area contributed by atoms with Crippen LogP contribution >= 0.6 is 0 Å². The number of aromatic amines is 1. The van der Waals surface area contributed by atoms with Gasteiger partial charge in [0.2, 0.25) is 23.4 Å². The largest absolute Gasteiger partial charge is 0.479 e. The van der Waals surface area contributed by atoms with Gasteiger partial charge in [-0.25, -0.2) is 17.6 Å². The molecule has 0 radical (unpaired) electrons. The number of carbonyl (C=O) groups is 4. The van der Waals surface area contributed by atoms with Gasteiger partial charge in [-0.1, -0.05) is 0 Å². The van der Waals surface area contributed by atoms with E-state index >= 15 is 0 Å². The lowest BCUT2D eigenvalue weighted by atomic mass is 9.94. The number of fused-ring (bicyclic) bond motifs is 1. The van der Waals surface area contributed by atoms with Gasteiger partial charge in [0.1, 0.15) is 29.8 Å². The van der Waals surface area contributed by atoms with Crippen LogP contribution in [-0.2, 0) is 14.4 Å². The highest BCUT2D eigenvalue weighted by atomic mass is 19.2. The average molecular weight is 627 g/mol. The van der Waals surface area contributed by atoms with E-state index in [1.54, 1.807) is 0 Å². The van der Waals surface area contributed by atoms with Crippen LogP contribution in [0.4, 0.5) is 26.3 Å². The summed E-state index contributed by atoms with van der Waals surface area (Å²) >= 11 is 0. The maximum Gasteiger partial charge on any atom is 0.268 e. The second kappa shape index (κ2) is 13.0. The smallest absolute Gasteiger partial charge is 0.268 e. The summed E-state index contributed by atoms with van der Waals surface area (Å²) in [6.45, 7) is 1.39. The Hall–Kier alpha value is -4.56. The van der Waals surface area contributed by atoms with Crippen molar-refractivity contribution in [3.8, 4) is 5.75 Å². The Morgan fingerprint density at radius 1 is 1.00 bits per heavy atom. The summed E-state index contributed by atoms with van der Waals surface area (Å²) in [5, 5.41) is 7.63. The van der Waals surface area contributed by atoms with Gasteiger partial charge < -0.3 is 25.7 Å². The van der Waals surface area contributed by atoms with Crippen molar-refractivity contribution in [2.45, 2.75) is 50.9 Å². The summed E-state index contributed by atoms with van der Waals surface area (Å²) < 4.78 is 88.4. The number of benzene rings is 2. The van der Waals surface area contributed by atoms with Crippen LogP contribution in [0.15, 0.2) is 30.3 Å². The van der Waals surface area contributed by atoms with Crippen molar-refractivity contribution in [2.24, 2.45) is 5.92 Å². The Labute approximate surface area is 246 Å². The third kappa shape index (κ3) is 7.68. The zero-order valence-electron chi connectivity index (χ0n) is 23.5. The molecule has 15 heteroatoms. The molecule has 1 aliphatic heterocycles. The number of nitrogens with one attached hydrogen (secondary N) is 4. The molecule has 4 N–H and O–H groups in total. The van der Waals surface area contributed by atoms with Crippen LogP contribution in [-0.4, -0.2) is 59.4 Å². The van der Waals surface area contributed by atoms with Gasteiger partial charge in [0.25, 0.3) is 5.91 Å². The number of carbonyl (C=O) groups excluding carboxylic acids is 4. The van der Waals surface area contributed by atoms with Crippen LogP contribution in [0.25, 0.3) is 10.9 Å². The molecule has 1 fully saturated rings. The van der Waals surface area contributed by atoms with Crippen LogP contribution in [0.3, 0.4) is 0 Å². The van der Waals surface area contributed by atoms with Crippen molar-refractivity contribution in [3.05, 3.63) is 65.1 Å². The van der Waals surface area contributed by atoms with Crippen molar-refractivity contribution >= 4 is 34.4 Å². The van der Waals surface area contributed by atoms with Crippen LogP contribution in [0.2, 0.25) is 0 Å². The van der Waals surface area contributed by atoms with Crippen molar-refractivity contribution in [1.82, 2.24) is 20.9 Å². The van der Waals surface area contributed by atoms with Crippen molar-refractivity contribution in [2.75, 3.05) is 13.2 Å². The maximum absolute atomic E-state index is 14.7. The molecule has 3 amide bonds. The number of ketones is 1. The topological polar surface area (TPSA) is 129 Å². The monoisotopic (exact) mass is 626 g/mol. The molecule has 0 aliphatic carbocycles. The molecule has 1 aliphatic rings. The normalized spacial score (nSPS) is 16.4. The Balaban J connectivity index is 1.54. The van der Waals surface area contributed by atoms with E-state index in [1.807, 2.05) is 0 Å². The first-order valence-electron chi connectivity index (χ1n) is 13.5. The number of amides is 3. The quantitative estimate of drug-likeness (QED) is 0.180. The summed E-state index contributed by atoms with van der Waals surface area (Å²) in [5.41, 5.74) is -1.67. The fourth-order valence-electron chi connectivity index (χ4n) is 4.78. The summed E-state index contributed by atoms with van der Waals surface area (Å²) in [7, 11) is 0. The molecule has 236 valence electrons. The third-order valence-electron chi connectivity index (χ3n) is 6.96. The van der Waals surface area contributed by atoms with E-state index in [4.69, 9.17) is 4.74 Å². The molecule has 0 saturated carbocycles. The van der Waals surface area contributed by atoms with Crippen molar-refractivity contribution in [3.63, 3.8) is 0 Å². The molecule has 1 saturated heterocycles. The van der Waals surface area contributed by atoms with E-state index in [-0.39, 0.29) is 31.1 Å². The molecule has 3 aromatic rings. The van der Waals surface area contributed by atoms with E-state index in [0.717, 1.165) is 13.8 Å². The molecule has 9 nitrogen and oxygen atoms in total. The highest BCUT2D eigenvalue weighted by Gasteiger charge is 2.36. The van der Waals surface area contributed by atoms with Crippen LogP contribution in [0, 0.1) is 35.0 Å². The van der Waals surface area contributed by atoms with Gasteiger partial charge in [0, 0.05) is 35.9 Å². The lowest BCUT2D eigenvalue weighted by molar-refractivity contribution is -0.131. The predicted molar refractivity (Wildman–Crippen MR) is 144 cm³/mol. The molecule has 2 heterocycles. The highest BCUT2D eigenvalue weighted by molar-refractivity contribution is 6.01. The maximum atomic E-state index is 14.7. The average Bonchev–Trinajstić information content (AvgIpc) is 3.55. The molecule has 0 spiro atoms. The fraction of sp³-hybridized carbons (Fsp3) is 0.379. The second-order valence-electron chi connectivity index (χ2n) is 11.0. The van der Waals surface area contributed by atoms with E-state index in [1.165, 1.54) is 24.3 Å². The van der Waals surface area contributed by atoms with Crippen molar-refractivity contribution < 1.29 is 50.3 Å². The minimum Gasteiger partial charge on any atom is -0.479 e. The van der Waals surface area contributed by atoms with Gasteiger partial charge in [-0.3, -0.25) is 19.2 Å². The number of aromatic nitrogens is 1. The number of rotatable bonds is 12. The van der Waals surface area contributed by atoms with Gasteiger partial charge >= 0.3 is 0 Å². The Bertz CT molecular complexity index is 1580. The first-order chi connectivity index (χ1) is 20.6. The van der Waals surface area contributed by atoms with E-state index in [0.29, 0.717) is 10.9 Å². The zero-order valence-corrected chi connectivity index (χ0v) is 23.5.